The third-order valence-corrected chi connectivity index (χ3v) is 13.9. The molecule has 0 bridgehead atoms. The lowest BCUT2D eigenvalue weighted by Gasteiger charge is -2.27. The number of nitrogens with zero attached hydrogens (tertiary/aromatic N) is 6. The van der Waals surface area contributed by atoms with E-state index in [9.17, 15) is 23.7 Å². The summed E-state index contributed by atoms with van der Waals surface area (Å²) in [4.78, 5) is 69.3. The van der Waals surface area contributed by atoms with Crippen molar-refractivity contribution >= 4 is 63.9 Å². The highest BCUT2D eigenvalue weighted by molar-refractivity contribution is 9.10. The number of ether oxygens (including phenoxy) is 2. The normalized spacial score (nSPS) is 15.2. The van der Waals surface area contributed by atoms with Gasteiger partial charge in [0.15, 0.2) is 11.6 Å². The molecule has 410 valence electrons. The quantitative estimate of drug-likeness (QED) is 0.0194. The minimum absolute atomic E-state index is 0.0822. The number of amides is 2. The van der Waals surface area contributed by atoms with Crippen LogP contribution in [0.4, 0.5) is 5.82 Å². The number of likely N-dealkylation sites (tertiary alicyclic amines) is 1. The van der Waals surface area contributed by atoms with Crippen molar-refractivity contribution in [3.8, 4) is 11.1 Å². The van der Waals surface area contributed by atoms with Gasteiger partial charge in [-0.3, -0.25) is 37.4 Å². The van der Waals surface area contributed by atoms with E-state index >= 15 is 0 Å². The molecule has 3 aromatic heterocycles. The second-order valence-corrected chi connectivity index (χ2v) is 20.6. The molecule has 17 nitrogen and oxygen atoms in total. The van der Waals surface area contributed by atoms with E-state index in [2.05, 4.69) is 176 Å². The number of halogens is 1. The summed E-state index contributed by atoms with van der Waals surface area (Å²) in [5.41, 5.74) is 53.8. The van der Waals surface area contributed by atoms with E-state index in [1.54, 1.807) is 43.3 Å². The van der Waals surface area contributed by atoms with Gasteiger partial charge in [0.1, 0.15) is 65.9 Å². The van der Waals surface area contributed by atoms with E-state index in [0.717, 1.165) is 17.5 Å². The lowest BCUT2D eigenvalue weighted by Crippen LogP contribution is -2.47. The minimum atomic E-state index is -4.37. The minimum Gasteiger partial charge on any atom is -0.487 e. The Bertz CT molecular complexity index is 4020. The van der Waals surface area contributed by atoms with E-state index in [4.69, 9.17) is 23.0 Å². The van der Waals surface area contributed by atoms with E-state index in [-0.39, 0.29) is 92.1 Å². The zero-order chi connectivity index (χ0) is 59.1. The number of rotatable bonds is 22. The van der Waals surface area contributed by atoms with Gasteiger partial charge < -0.3 is 19.7 Å². The third kappa shape index (κ3) is 18.3. The number of hydrogen-bond donors (Lipinski definition) is 1. The Hall–Kier alpha value is -9.53. The van der Waals surface area contributed by atoms with Crippen LogP contribution in [-0.4, -0.2) is 98.1 Å². The Balaban J connectivity index is 1.09. The molecule has 2 amide bonds. The highest BCUT2D eigenvalue weighted by Gasteiger charge is 2.64. The number of anilines is 1. The number of hydrogen-bond acceptors (Lipinski definition) is 14. The standard InChI is InChI=1S/C63H51BrN7O10P/c1-9-11-13-15-17-19-21-23-25-27-47(5)77-33-35-79-82(76,80-36-34-78-48(6)28-26-24-22-20-18-16-14-12-10-2)81-44-52(73)30-32-57-65-41-51(42-66-57)50-37-46(4)60-53(38-50)59(49(7)72)69-70(60)43-58(74)71-54(39-63(8)40-55(63)71)62(75)68-61-45(3)29-31-56(64)67-61/h29,31,37-38,41-42,54-55H,1-2,30,32-36,39-40,43-44H2,3-8H3,(H,67,68,75)/t54-,55+,63-/m0/s1. The number of aryl methyl sites for hydroxylation is 3. The van der Waals surface area contributed by atoms with Crippen LogP contribution in [-0.2, 0) is 55.0 Å². The highest BCUT2D eigenvalue weighted by Crippen LogP contribution is 2.59. The molecule has 82 heavy (non-hydrogen) atoms. The summed E-state index contributed by atoms with van der Waals surface area (Å²) in [5.74, 6) is -0.0148. The van der Waals surface area contributed by atoms with Gasteiger partial charge in [-0.25, -0.2) is 19.5 Å². The van der Waals surface area contributed by atoms with Crippen LogP contribution in [0.15, 0.2) is 181 Å². The molecule has 0 unspecified atom stereocenters. The van der Waals surface area contributed by atoms with Gasteiger partial charge in [-0.1, -0.05) is 24.5 Å². The molecule has 2 aliphatic rings. The molecule has 4 aromatic rings. The Morgan fingerprint density at radius 2 is 1.30 bits per heavy atom. The van der Waals surface area contributed by atoms with Gasteiger partial charge in [-0.05, 0) is 199 Å². The van der Waals surface area contributed by atoms with Crippen molar-refractivity contribution in [2.45, 2.75) is 85.9 Å². The molecule has 0 radical (unpaired) electrons. The first-order chi connectivity index (χ1) is 39.4. The fraction of sp³-hybridized carbons (Fsp3) is 0.302. The molecular formula is C63H51BrN7O10P. The van der Waals surface area contributed by atoms with E-state index in [1.807, 2.05) is 26.0 Å². The Morgan fingerprint density at radius 1 is 0.744 bits per heavy atom. The lowest BCUT2D eigenvalue weighted by atomic mass is 10.0. The first kappa shape index (κ1) is 61.7. The largest absolute Gasteiger partial charge is 0.487 e. The van der Waals surface area contributed by atoms with Gasteiger partial charge >= 0.3 is 7.82 Å². The summed E-state index contributed by atoms with van der Waals surface area (Å²) in [7, 11) is -4.37. The SMILES string of the molecule is C=C=C=C=C=C=C=C=C=C=C=C(C)OCCOP(=O)(OCCOC(C)=C=C=C=C=C=C=C=C=C=C=C)OCC(=O)CCc1ncc(-c2cc(C)c3c(c2)c(C(C)=O)nn3CC(=O)N2[C@H](C(=O)Nc3nc(Br)ccc3C)C[C@@]3(C)C[C@@H]23)cn1. The second-order valence-electron chi connectivity index (χ2n) is 18.2. The van der Waals surface area contributed by atoms with Gasteiger partial charge in [0.05, 0.1) is 18.7 Å². The van der Waals surface area contributed by atoms with Gasteiger partial charge in [0, 0.05) is 63.0 Å². The molecule has 2 fully saturated rings. The number of benzene rings is 1. The first-order valence-corrected chi connectivity index (χ1v) is 27.3. The number of allylic oxidation sites excluding steroid dienone is 2. The Labute approximate surface area is 481 Å². The molecule has 1 aromatic carbocycles. The van der Waals surface area contributed by atoms with Crippen molar-refractivity contribution in [3.63, 3.8) is 0 Å². The average molecular weight is 1180 g/mol. The number of fused-ring (bicyclic) bond motifs is 2. The average Bonchev–Trinajstić information content (AvgIpc) is 2.04. The van der Waals surface area contributed by atoms with E-state index in [0.29, 0.717) is 44.7 Å². The molecule has 3 atom stereocenters. The molecule has 6 rings (SSSR count). The van der Waals surface area contributed by atoms with Crippen molar-refractivity contribution in [2.24, 2.45) is 5.41 Å². The maximum atomic E-state index is 14.2. The molecule has 19 heteroatoms. The number of phosphoric ester groups is 1. The maximum Gasteiger partial charge on any atom is 0.475 e. The molecule has 1 N–H and O–H groups in total. The summed E-state index contributed by atoms with van der Waals surface area (Å²) in [6.07, 6.45) is 4.53. The zero-order valence-corrected chi connectivity index (χ0v) is 48.2. The number of nitrogens with one attached hydrogen (secondary N) is 1. The molecule has 4 heterocycles. The summed E-state index contributed by atoms with van der Waals surface area (Å²) < 4.78 is 43.4. The van der Waals surface area contributed by atoms with Crippen molar-refractivity contribution < 1.29 is 46.8 Å². The zero-order valence-electron chi connectivity index (χ0n) is 45.7. The molecule has 0 spiro atoms. The van der Waals surface area contributed by atoms with Crippen LogP contribution in [0.1, 0.15) is 74.4 Å². The topological polar surface area (TPSA) is 203 Å². The van der Waals surface area contributed by atoms with Crippen molar-refractivity contribution in [1.82, 2.24) is 29.6 Å². The van der Waals surface area contributed by atoms with E-state index in [1.165, 1.54) is 11.6 Å². The summed E-state index contributed by atoms with van der Waals surface area (Å²) in [6, 6.07) is 6.51. The number of carbonyl (C=O) groups is 4. The van der Waals surface area contributed by atoms with Crippen molar-refractivity contribution in [3.05, 3.63) is 203 Å². The maximum absolute atomic E-state index is 14.2. The number of Topliss-reactive ketones (excluding diaryl/α,β-unsaturated/α-hetero) is 2. The van der Waals surface area contributed by atoms with Crippen LogP contribution in [0.2, 0.25) is 0 Å². The predicted octanol–water partition coefficient (Wildman–Crippen LogP) is 10.4. The molecular weight excluding hydrogens is 1130 g/mol. The second kappa shape index (κ2) is 30.2. The molecule has 1 saturated carbocycles. The molecule has 1 aliphatic carbocycles. The number of aromatic nitrogens is 5. The fourth-order valence-electron chi connectivity index (χ4n) is 8.15. The third-order valence-electron chi connectivity index (χ3n) is 12.1. The highest BCUT2D eigenvalue weighted by atomic mass is 79.9. The smallest absolute Gasteiger partial charge is 0.475 e. The van der Waals surface area contributed by atoms with Crippen LogP contribution < -0.4 is 5.32 Å². The number of ketones is 2. The molecule has 1 saturated heterocycles. The van der Waals surface area contributed by atoms with Crippen LogP contribution in [0.5, 0.6) is 0 Å². The van der Waals surface area contributed by atoms with Crippen molar-refractivity contribution in [1.29, 1.82) is 0 Å². The monoisotopic (exact) mass is 1180 g/mol. The summed E-state index contributed by atoms with van der Waals surface area (Å²) in [5, 5.41) is 8.10. The Morgan fingerprint density at radius 3 is 1.87 bits per heavy atom. The van der Waals surface area contributed by atoms with Gasteiger partial charge in [0.25, 0.3) is 0 Å². The van der Waals surface area contributed by atoms with Gasteiger partial charge in [-0.2, -0.15) is 5.10 Å². The predicted molar refractivity (Wildman–Crippen MR) is 303 cm³/mol. The number of phosphoric acid groups is 1. The van der Waals surface area contributed by atoms with E-state index < -0.39 is 26.3 Å². The molecule has 1 aliphatic heterocycles. The first-order valence-electron chi connectivity index (χ1n) is 25.1. The fourth-order valence-corrected chi connectivity index (χ4v) is 9.58. The summed E-state index contributed by atoms with van der Waals surface area (Å²) in [6.45, 7) is 15.5. The number of piperidine rings is 1. The van der Waals surface area contributed by atoms with Crippen LogP contribution in [0.3, 0.4) is 0 Å². The van der Waals surface area contributed by atoms with Crippen LogP contribution >= 0.6 is 23.8 Å². The van der Waals surface area contributed by atoms with Crippen molar-refractivity contribution in [2.75, 3.05) is 38.4 Å². The number of pyridine rings is 1. The van der Waals surface area contributed by atoms with Crippen LogP contribution in [0.25, 0.3) is 22.0 Å². The summed E-state index contributed by atoms with van der Waals surface area (Å²) >= 11 is 3.36. The number of carbonyl (C=O) groups excluding carboxylic acids is 4. The lowest BCUT2D eigenvalue weighted by molar-refractivity contribution is -0.138. The Kier molecular flexibility index (Phi) is 22.7. The van der Waals surface area contributed by atoms with Gasteiger partial charge in [0.2, 0.25) is 11.8 Å². The van der Waals surface area contributed by atoms with Crippen LogP contribution in [0, 0.1) is 19.3 Å². The van der Waals surface area contributed by atoms with Gasteiger partial charge in [-0.15, -0.1) is 0 Å².